The number of aromatic nitrogens is 2. The average molecular weight is 1070 g/mol. The first-order valence-electron chi connectivity index (χ1n) is 24.6. The van der Waals surface area contributed by atoms with E-state index in [1.807, 2.05) is 19.1 Å². The molecule has 0 aromatic carbocycles. The van der Waals surface area contributed by atoms with Gasteiger partial charge < -0.3 is 55.3 Å². The van der Waals surface area contributed by atoms with E-state index in [-0.39, 0.29) is 31.5 Å². The van der Waals surface area contributed by atoms with Crippen molar-refractivity contribution in [2.45, 2.75) is 159 Å². The van der Waals surface area contributed by atoms with Gasteiger partial charge in [0.05, 0.1) is 31.5 Å². The molecule has 1 aromatic rings. The zero-order valence-corrected chi connectivity index (χ0v) is 43.5. The molecular weight excluding hydrogens is 993 g/mol. The Labute approximate surface area is 428 Å². The predicted molar refractivity (Wildman–Crippen MR) is 274 cm³/mol. The van der Waals surface area contributed by atoms with Crippen LogP contribution in [0.1, 0.15) is 116 Å². The third-order valence-corrected chi connectivity index (χ3v) is 13.1. The topological polar surface area (TPSA) is 326 Å². The summed E-state index contributed by atoms with van der Waals surface area (Å²) in [5.41, 5.74) is 4.55. The summed E-state index contributed by atoms with van der Waals surface area (Å²) in [4.78, 5) is 61.9. The zero-order valence-electron chi connectivity index (χ0n) is 41.7. The molecule has 23 heteroatoms. The van der Waals surface area contributed by atoms with Gasteiger partial charge in [0.25, 0.3) is 0 Å². The number of carbonyl (C=O) groups excluding carboxylic acids is 2. The Morgan fingerprint density at radius 1 is 0.767 bits per heavy atom. The molecule has 73 heavy (non-hydrogen) atoms. The van der Waals surface area contributed by atoms with Gasteiger partial charge in [-0.15, -0.1) is 0 Å². The van der Waals surface area contributed by atoms with E-state index in [9.17, 15) is 58.8 Å². The van der Waals surface area contributed by atoms with E-state index >= 15 is 0 Å². The summed E-state index contributed by atoms with van der Waals surface area (Å²) in [5, 5.41) is 51.5. The second kappa shape index (κ2) is 37.3. The van der Waals surface area contributed by atoms with Crippen LogP contribution < -0.4 is 11.4 Å². The number of rotatable bonds is 38. The van der Waals surface area contributed by atoms with Crippen LogP contribution in [0.25, 0.3) is 0 Å². The van der Waals surface area contributed by atoms with Crippen molar-refractivity contribution in [2.75, 3.05) is 25.6 Å². The summed E-state index contributed by atoms with van der Waals surface area (Å²) in [7, 11) is -11.0. The van der Waals surface area contributed by atoms with Crippen molar-refractivity contribution in [3.63, 3.8) is 0 Å². The summed E-state index contributed by atoms with van der Waals surface area (Å²) in [5.74, 6) is -1.68. The number of hydrogen-bond donors (Lipinski definition) is 8. The van der Waals surface area contributed by atoms with E-state index in [1.165, 1.54) is 18.2 Å². The Kier molecular flexibility index (Phi) is 33.1. The number of anilines is 1. The summed E-state index contributed by atoms with van der Waals surface area (Å²) in [6.45, 7) is 1.47. The Morgan fingerprint density at radius 3 is 2.07 bits per heavy atom. The van der Waals surface area contributed by atoms with Crippen LogP contribution in [0.15, 0.2) is 114 Å². The molecule has 9 N–H and O–H groups in total. The predicted octanol–water partition coefficient (Wildman–Crippen LogP) is 6.57. The Hall–Kier alpha value is -4.44. The van der Waals surface area contributed by atoms with E-state index in [1.54, 1.807) is 36.5 Å². The molecule has 1 saturated heterocycles. The maximum absolute atomic E-state index is 12.9. The second-order valence-corrected chi connectivity index (χ2v) is 19.8. The number of carbonyl (C=O) groups is 2. The van der Waals surface area contributed by atoms with Crippen LogP contribution in [-0.2, 0) is 46.3 Å². The molecule has 0 amide bonds. The van der Waals surface area contributed by atoms with Crippen molar-refractivity contribution in [2.24, 2.45) is 0 Å². The molecule has 0 spiro atoms. The summed E-state index contributed by atoms with van der Waals surface area (Å²) >= 11 is 0. The summed E-state index contributed by atoms with van der Waals surface area (Å²) < 4.78 is 56.4. The largest absolute Gasteiger partial charge is 0.481 e. The minimum atomic E-state index is -5.51. The van der Waals surface area contributed by atoms with Crippen LogP contribution in [-0.4, -0.2) is 119 Å². The van der Waals surface area contributed by atoms with Gasteiger partial charge in [-0.25, -0.2) is 13.9 Å². The lowest BCUT2D eigenvalue weighted by Crippen LogP contribution is -2.36. The first-order chi connectivity index (χ1) is 34.9. The number of unbranched alkanes of at least 4 members (excludes halogenated alkanes) is 5. The maximum Gasteiger partial charge on any atom is 0.481 e. The van der Waals surface area contributed by atoms with E-state index in [4.69, 9.17) is 29.0 Å². The number of aliphatic hydroxyl groups is 5. The number of phosphoric ester groups is 2. The molecule has 1 fully saturated rings. The number of aliphatic hydroxyl groups excluding tert-OH is 5. The first-order valence-corrected chi connectivity index (χ1v) is 27.6. The van der Waals surface area contributed by atoms with Gasteiger partial charge in [-0.1, -0.05) is 130 Å². The molecule has 1 aromatic heterocycles. The molecule has 1 aliphatic rings. The highest BCUT2D eigenvalue weighted by molar-refractivity contribution is 7.61. The smallest absolute Gasteiger partial charge is 0.462 e. The van der Waals surface area contributed by atoms with Gasteiger partial charge in [0.1, 0.15) is 30.7 Å². The lowest BCUT2D eigenvalue weighted by Gasteiger charge is -2.21. The lowest BCUT2D eigenvalue weighted by atomic mass is 10.1. The highest BCUT2D eigenvalue weighted by Crippen LogP contribution is 2.60. The second-order valence-electron chi connectivity index (χ2n) is 16.8. The van der Waals surface area contributed by atoms with E-state index in [0.717, 1.165) is 62.1 Å². The fourth-order valence-corrected chi connectivity index (χ4v) is 8.72. The zero-order chi connectivity index (χ0) is 53.9. The SMILES string of the molecule is CC/C=C\C/C=C\C/C=C\CCCCCCCC(=O)O[C@H](COC(=O)CCC[C@H](O)[C@@H](O)\C=C/C=C\C=C\C=C\[C@H](O)C/C=C\CC)COP(=O)(O)OP(=O)(O)OC[C@H]1O[C@@H](n2ccc(N)nc2=O)[C@H](O)[C@@H]1O. The van der Waals surface area contributed by atoms with Gasteiger partial charge in [-0.3, -0.25) is 23.2 Å². The standard InChI is InChI=1S/C50H77N3O18P2/c1-3-5-7-8-9-10-11-12-13-14-15-16-17-22-26-32-46(58)69-40(36-66-45(57)33-27-31-42(56)41(55)30-25-21-19-18-20-24-29-39(54)28-23-6-4-2)37-67-72(62,63)71-73(64,65)68-38-43-47(59)48(60)49(70-43)53-35-34-44(51)52-50(53)61/h5-7,9-10,12-13,18-21,23-25,29-30,34-35,39-43,47-49,54-56,59-60H,3-4,8,11,14-17,22,26-28,31-33,36-38H2,1-2H3,(H,62,63)(H,64,65)(H2,51,52,61)/b7-5-,10-9-,13-12-,20-18+,21-19-,23-6-,29-24+,30-25-/t39-,40-,41+,42+,43-,47-,48-,49-/m1/s1. The van der Waals surface area contributed by atoms with Gasteiger partial charge in [0.2, 0.25) is 0 Å². The van der Waals surface area contributed by atoms with Crippen LogP contribution >= 0.6 is 15.6 Å². The maximum atomic E-state index is 12.9. The number of hydrogen-bond acceptors (Lipinski definition) is 18. The van der Waals surface area contributed by atoms with Gasteiger partial charge in [0, 0.05) is 19.0 Å². The third kappa shape index (κ3) is 29.9. The molecule has 21 nitrogen and oxygen atoms in total. The van der Waals surface area contributed by atoms with Gasteiger partial charge >= 0.3 is 33.3 Å². The van der Waals surface area contributed by atoms with Crippen molar-refractivity contribution in [3.8, 4) is 0 Å². The van der Waals surface area contributed by atoms with Gasteiger partial charge in [-0.05, 0) is 70.3 Å². The first kappa shape index (κ1) is 64.7. The van der Waals surface area contributed by atoms with Gasteiger partial charge in [0.15, 0.2) is 12.3 Å². The van der Waals surface area contributed by atoms with E-state index in [2.05, 4.69) is 52.7 Å². The highest BCUT2D eigenvalue weighted by atomic mass is 31.3. The van der Waals surface area contributed by atoms with Crippen molar-refractivity contribution < 1.29 is 81.6 Å². The molecule has 410 valence electrons. The molecule has 0 saturated carbocycles. The molecule has 1 aliphatic heterocycles. The van der Waals surface area contributed by atoms with Crippen molar-refractivity contribution >= 4 is 33.4 Å². The molecule has 0 radical (unpaired) electrons. The minimum Gasteiger partial charge on any atom is -0.462 e. The normalized spacial score (nSPS) is 21.1. The number of nitrogen functional groups attached to an aromatic ring is 1. The Morgan fingerprint density at radius 2 is 1.37 bits per heavy atom. The van der Waals surface area contributed by atoms with Gasteiger partial charge in [-0.2, -0.15) is 9.29 Å². The molecule has 10 atom stereocenters. The number of phosphoric acid groups is 2. The Balaban J connectivity index is 1.91. The molecule has 0 bridgehead atoms. The van der Waals surface area contributed by atoms with E-state index in [0.29, 0.717) is 19.3 Å². The van der Waals surface area contributed by atoms with Crippen LogP contribution in [0.3, 0.4) is 0 Å². The van der Waals surface area contributed by atoms with Crippen LogP contribution in [0.5, 0.6) is 0 Å². The number of allylic oxidation sites excluding steroid dienone is 13. The molecule has 0 aliphatic carbocycles. The molecule has 2 heterocycles. The number of esters is 2. The van der Waals surface area contributed by atoms with Crippen LogP contribution in [0.2, 0.25) is 0 Å². The minimum absolute atomic E-state index is 0.000546. The van der Waals surface area contributed by atoms with Crippen molar-refractivity contribution in [1.29, 1.82) is 0 Å². The number of ether oxygens (including phenoxy) is 3. The fourth-order valence-electron chi connectivity index (χ4n) is 6.61. The summed E-state index contributed by atoms with van der Waals surface area (Å²) in [6, 6.07) is 1.22. The van der Waals surface area contributed by atoms with Crippen molar-refractivity contribution in [1.82, 2.24) is 9.55 Å². The van der Waals surface area contributed by atoms with Crippen LogP contribution in [0.4, 0.5) is 5.82 Å². The fraction of sp³-hybridized carbons (Fsp3) is 0.560. The van der Waals surface area contributed by atoms with E-state index < -0.39 is 102 Å². The van der Waals surface area contributed by atoms with Crippen molar-refractivity contribution in [3.05, 3.63) is 120 Å². The highest BCUT2D eigenvalue weighted by Gasteiger charge is 2.46. The third-order valence-electron chi connectivity index (χ3n) is 10.5. The molecule has 2 unspecified atom stereocenters. The quantitative estimate of drug-likeness (QED) is 0.0114. The number of nitrogens with zero attached hydrogens (tertiary/aromatic N) is 2. The molecular formula is C50H77N3O18P2. The van der Waals surface area contributed by atoms with Crippen LogP contribution in [0, 0.1) is 0 Å². The number of nitrogens with two attached hydrogens (primary N) is 1. The summed E-state index contributed by atoms with van der Waals surface area (Å²) in [6.07, 6.45) is 28.6. The molecule has 2 rings (SSSR count). The Bertz CT molecular complexity index is 2160. The average Bonchev–Trinajstić information content (AvgIpc) is 3.62. The lowest BCUT2D eigenvalue weighted by molar-refractivity contribution is -0.161. The monoisotopic (exact) mass is 1070 g/mol.